The molecule has 0 aliphatic carbocycles. The molecular weight excluding hydrogens is 232 g/mol. The molecule has 1 aromatic carbocycles. The van der Waals surface area contributed by atoms with Gasteiger partial charge in [-0.15, -0.1) is 0 Å². The Bertz CT molecular complexity index is 384. The summed E-state index contributed by atoms with van der Waals surface area (Å²) in [5.74, 6) is 1.65. The number of ether oxygens (including phenoxy) is 3. The smallest absolute Gasteiger partial charge is 0.231 e. The van der Waals surface area contributed by atoms with E-state index in [1.165, 1.54) is 5.56 Å². The Morgan fingerprint density at radius 3 is 2.89 bits per heavy atom. The van der Waals surface area contributed by atoms with Gasteiger partial charge in [-0.2, -0.15) is 0 Å². The van der Waals surface area contributed by atoms with E-state index in [0.29, 0.717) is 19.9 Å². The van der Waals surface area contributed by atoms with Crippen LogP contribution >= 0.6 is 0 Å². The van der Waals surface area contributed by atoms with Crippen LogP contribution in [0.1, 0.15) is 5.56 Å². The largest absolute Gasteiger partial charge is 0.454 e. The molecule has 100 valence electrons. The molecule has 0 aromatic heterocycles. The van der Waals surface area contributed by atoms with Crippen LogP contribution in [0, 0.1) is 0 Å². The highest BCUT2D eigenvalue weighted by molar-refractivity contribution is 5.44. The van der Waals surface area contributed by atoms with Gasteiger partial charge >= 0.3 is 0 Å². The van der Waals surface area contributed by atoms with Gasteiger partial charge in [-0.1, -0.05) is 6.07 Å². The van der Waals surface area contributed by atoms with Crippen LogP contribution < -0.4 is 15.2 Å². The SMILES string of the molecule is COCCN(CCN)Cc1ccc2c(c1)OCO2. The van der Waals surface area contributed by atoms with Crippen LogP contribution in [0.15, 0.2) is 18.2 Å². The molecule has 1 aliphatic heterocycles. The average molecular weight is 252 g/mol. The molecule has 0 amide bonds. The van der Waals surface area contributed by atoms with E-state index in [9.17, 15) is 0 Å². The zero-order valence-electron chi connectivity index (χ0n) is 10.7. The highest BCUT2D eigenvalue weighted by Crippen LogP contribution is 2.32. The lowest BCUT2D eigenvalue weighted by Crippen LogP contribution is -2.31. The van der Waals surface area contributed by atoms with Crippen molar-refractivity contribution in [3.05, 3.63) is 23.8 Å². The van der Waals surface area contributed by atoms with E-state index in [4.69, 9.17) is 19.9 Å². The molecule has 0 atom stereocenters. The van der Waals surface area contributed by atoms with E-state index < -0.39 is 0 Å². The normalized spacial score (nSPS) is 13.3. The number of methoxy groups -OCH3 is 1. The number of rotatable bonds is 7. The molecule has 1 heterocycles. The minimum Gasteiger partial charge on any atom is -0.454 e. The molecule has 2 rings (SSSR count). The van der Waals surface area contributed by atoms with Gasteiger partial charge in [-0.3, -0.25) is 4.90 Å². The van der Waals surface area contributed by atoms with Gasteiger partial charge in [0.15, 0.2) is 11.5 Å². The second-order valence-corrected chi connectivity index (χ2v) is 4.25. The molecule has 0 saturated carbocycles. The summed E-state index contributed by atoms with van der Waals surface area (Å²) in [6, 6.07) is 6.04. The van der Waals surface area contributed by atoms with Crippen LogP contribution in [0.5, 0.6) is 11.5 Å². The molecule has 0 fully saturated rings. The first-order valence-electron chi connectivity index (χ1n) is 6.13. The fourth-order valence-corrected chi connectivity index (χ4v) is 1.97. The third kappa shape index (κ3) is 3.35. The van der Waals surface area contributed by atoms with Crippen molar-refractivity contribution in [1.82, 2.24) is 4.90 Å². The fraction of sp³-hybridized carbons (Fsp3) is 0.538. The number of nitrogens with two attached hydrogens (primary N) is 1. The standard InChI is InChI=1S/C13H20N2O3/c1-16-7-6-15(5-4-14)9-11-2-3-12-13(8-11)18-10-17-12/h2-3,8H,4-7,9-10,14H2,1H3. The molecule has 0 spiro atoms. The van der Waals surface area contributed by atoms with Gasteiger partial charge in [0, 0.05) is 33.3 Å². The van der Waals surface area contributed by atoms with Crippen LogP contribution in [0.25, 0.3) is 0 Å². The molecule has 1 aromatic rings. The average Bonchev–Trinajstić information content (AvgIpc) is 2.83. The number of nitrogens with zero attached hydrogens (tertiary/aromatic N) is 1. The first-order valence-corrected chi connectivity index (χ1v) is 6.13. The van der Waals surface area contributed by atoms with Crippen molar-refractivity contribution in [2.24, 2.45) is 5.73 Å². The van der Waals surface area contributed by atoms with Crippen molar-refractivity contribution in [2.75, 3.05) is 40.1 Å². The lowest BCUT2D eigenvalue weighted by molar-refractivity contribution is 0.146. The van der Waals surface area contributed by atoms with E-state index >= 15 is 0 Å². The van der Waals surface area contributed by atoms with E-state index in [0.717, 1.165) is 31.1 Å². The second-order valence-electron chi connectivity index (χ2n) is 4.25. The monoisotopic (exact) mass is 252 g/mol. The van der Waals surface area contributed by atoms with Crippen molar-refractivity contribution in [1.29, 1.82) is 0 Å². The van der Waals surface area contributed by atoms with Crippen molar-refractivity contribution in [3.8, 4) is 11.5 Å². The molecule has 0 radical (unpaired) electrons. The minimum atomic E-state index is 0.314. The van der Waals surface area contributed by atoms with Crippen LogP contribution in [-0.2, 0) is 11.3 Å². The van der Waals surface area contributed by atoms with Gasteiger partial charge in [0.1, 0.15) is 0 Å². The van der Waals surface area contributed by atoms with Gasteiger partial charge < -0.3 is 19.9 Å². The minimum absolute atomic E-state index is 0.314. The first-order chi connectivity index (χ1) is 8.83. The second kappa shape index (κ2) is 6.58. The van der Waals surface area contributed by atoms with Gasteiger partial charge in [-0.25, -0.2) is 0 Å². The lowest BCUT2D eigenvalue weighted by atomic mass is 10.2. The molecule has 0 bridgehead atoms. The van der Waals surface area contributed by atoms with Crippen LogP contribution in [0.2, 0.25) is 0 Å². The highest BCUT2D eigenvalue weighted by atomic mass is 16.7. The number of hydrogen-bond donors (Lipinski definition) is 1. The zero-order chi connectivity index (χ0) is 12.8. The summed E-state index contributed by atoms with van der Waals surface area (Å²) in [7, 11) is 1.71. The molecule has 18 heavy (non-hydrogen) atoms. The quantitative estimate of drug-likeness (QED) is 0.778. The van der Waals surface area contributed by atoms with E-state index in [-0.39, 0.29) is 0 Å². The van der Waals surface area contributed by atoms with Gasteiger partial charge in [-0.05, 0) is 17.7 Å². The van der Waals surface area contributed by atoms with Crippen molar-refractivity contribution in [2.45, 2.75) is 6.54 Å². The third-order valence-electron chi connectivity index (χ3n) is 2.90. The maximum Gasteiger partial charge on any atom is 0.231 e. The summed E-state index contributed by atoms with van der Waals surface area (Å²) in [6.45, 7) is 4.25. The zero-order valence-corrected chi connectivity index (χ0v) is 10.7. The molecule has 1 aliphatic rings. The predicted molar refractivity (Wildman–Crippen MR) is 68.8 cm³/mol. The Labute approximate surface area is 107 Å². The maximum atomic E-state index is 5.62. The summed E-state index contributed by atoms with van der Waals surface area (Å²) in [5, 5.41) is 0. The van der Waals surface area contributed by atoms with E-state index in [1.807, 2.05) is 12.1 Å². The summed E-state index contributed by atoms with van der Waals surface area (Å²) >= 11 is 0. The summed E-state index contributed by atoms with van der Waals surface area (Å²) in [4.78, 5) is 2.26. The van der Waals surface area contributed by atoms with Crippen molar-refractivity contribution < 1.29 is 14.2 Å². The molecule has 5 heteroatoms. The lowest BCUT2D eigenvalue weighted by Gasteiger charge is -2.21. The summed E-state index contributed by atoms with van der Waals surface area (Å²) in [5.41, 5.74) is 6.82. The Hall–Kier alpha value is -1.30. The van der Waals surface area contributed by atoms with Crippen molar-refractivity contribution in [3.63, 3.8) is 0 Å². The third-order valence-corrected chi connectivity index (χ3v) is 2.90. The van der Waals surface area contributed by atoms with Crippen LogP contribution in [0.3, 0.4) is 0 Å². The molecule has 2 N–H and O–H groups in total. The summed E-state index contributed by atoms with van der Waals surface area (Å²) < 4.78 is 15.8. The van der Waals surface area contributed by atoms with Gasteiger partial charge in [0.25, 0.3) is 0 Å². The predicted octanol–water partition coefficient (Wildman–Crippen LogP) is 0.822. The fourth-order valence-electron chi connectivity index (χ4n) is 1.97. The van der Waals surface area contributed by atoms with Gasteiger partial charge in [0.05, 0.1) is 6.61 Å². The molecule has 0 unspecified atom stereocenters. The van der Waals surface area contributed by atoms with E-state index in [2.05, 4.69) is 11.0 Å². The van der Waals surface area contributed by atoms with Crippen molar-refractivity contribution >= 4 is 0 Å². The maximum absolute atomic E-state index is 5.62. The van der Waals surface area contributed by atoms with Crippen LogP contribution in [0.4, 0.5) is 0 Å². The highest BCUT2D eigenvalue weighted by Gasteiger charge is 2.14. The molecular formula is C13H20N2O3. The molecule has 0 saturated heterocycles. The topological polar surface area (TPSA) is 57.0 Å². The summed E-state index contributed by atoms with van der Waals surface area (Å²) in [6.07, 6.45) is 0. The Morgan fingerprint density at radius 1 is 1.28 bits per heavy atom. The Kier molecular flexibility index (Phi) is 4.81. The van der Waals surface area contributed by atoms with Gasteiger partial charge in [0.2, 0.25) is 6.79 Å². The first kappa shape index (κ1) is 13.1. The Morgan fingerprint density at radius 2 is 2.11 bits per heavy atom. The molecule has 5 nitrogen and oxygen atoms in total. The van der Waals surface area contributed by atoms with E-state index in [1.54, 1.807) is 7.11 Å². The van der Waals surface area contributed by atoms with Crippen LogP contribution in [-0.4, -0.2) is 45.0 Å². The number of hydrogen-bond acceptors (Lipinski definition) is 5. The number of benzene rings is 1. The number of fused-ring (bicyclic) bond motifs is 1. The Balaban J connectivity index is 1.97.